The fourth-order valence-electron chi connectivity index (χ4n) is 1.01. The minimum atomic E-state index is -4.96. The molecule has 92 valence electrons. The summed E-state index contributed by atoms with van der Waals surface area (Å²) < 4.78 is 23.1. The third-order valence-electron chi connectivity index (χ3n) is 1.64. The Morgan fingerprint density at radius 2 is 1.81 bits per heavy atom. The normalized spacial score (nSPS) is 13.1. The van der Waals surface area contributed by atoms with Gasteiger partial charge in [-0.15, -0.1) is 0 Å². The van der Waals surface area contributed by atoms with E-state index in [0.717, 1.165) is 0 Å². The number of rotatable bonds is 4. The van der Waals surface area contributed by atoms with E-state index in [9.17, 15) is 9.13 Å². The van der Waals surface area contributed by atoms with Gasteiger partial charge < -0.3 is 24.9 Å². The summed E-state index contributed by atoms with van der Waals surface area (Å²) in [5, 5.41) is 5.75. The van der Waals surface area contributed by atoms with Crippen LogP contribution in [0, 0.1) is 0 Å². The Morgan fingerprint density at radius 3 is 2.12 bits per heavy atom. The molecule has 1 heterocycles. The number of anilines is 1. The van der Waals surface area contributed by atoms with E-state index in [-0.39, 0.29) is 5.69 Å². The molecule has 1 aromatic rings. The van der Waals surface area contributed by atoms with Crippen LogP contribution >= 0.6 is 15.2 Å². The Bertz CT molecular complexity index is 438. The number of hydrogen-bond acceptors (Lipinski definition) is 4. The molecule has 0 aliphatic carbocycles. The predicted molar refractivity (Wildman–Crippen MR) is 54.7 cm³/mol. The van der Waals surface area contributed by atoms with Crippen molar-refractivity contribution in [1.82, 2.24) is 9.78 Å². The first-order valence-electron chi connectivity index (χ1n) is 3.96. The molecule has 0 unspecified atom stereocenters. The van der Waals surface area contributed by atoms with Crippen LogP contribution in [0.25, 0.3) is 0 Å². The molecule has 0 fully saturated rings. The Balaban J connectivity index is 2.97. The summed E-state index contributed by atoms with van der Waals surface area (Å²) in [6, 6.07) is 0. The molecule has 9 nitrogen and oxygen atoms in total. The van der Waals surface area contributed by atoms with Crippen LogP contribution < -0.4 is 5.32 Å². The van der Waals surface area contributed by atoms with Crippen LogP contribution in [0.1, 0.15) is 0 Å². The summed E-state index contributed by atoms with van der Waals surface area (Å²) in [5.74, 6) is 0. The predicted octanol–water partition coefficient (Wildman–Crippen LogP) is -0.529. The Kier molecular flexibility index (Phi) is 3.59. The number of hydrogen-bond donors (Lipinski definition) is 5. The lowest BCUT2D eigenvalue weighted by atomic mass is 10.6. The Hall–Kier alpha value is -0.690. The van der Waals surface area contributed by atoms with Crippen LogP contribution in [0.15, 0.2) is 12.4 Å². The lowest BCUT2D eigenvalue weighted by molar-refractivity contribution is 0.343. The first-order chi connectivity index (χ1) is 7.10. The fraction of sp³-hybridized carbons (Fsp3) is 0.400. The maximum atomic E-state index is 10.9. The largest absolute Gasteiger partial charge is 0.360 e. The van der Waals surface area contributed by atoms with Crippen molar-refractivity contribution in [3.05, 3.63) is 12.4 Å². The molecule has 5 N–H and O–H groups in total. The van der Waals surface area contributed by atoms with E-state index >= 15 is 0 Å². The Morgan fingerprint density at radius 1 is 1.31 bits per heavy atom. The first-order valence-corrected chi connectivity index (χ1v) is 7.32. The summed E-state index contributed by atoms with van der Waals surface area (Å²) in [4.78, 5) is 35.2. The molecule has 0 spiro atoms. The van der Waals surface area contributed by atoms with Crippen molar-refractivity contribution >= 4 is 20.9 Å². The van der Waals surface area contributed by atoms with Crippen molar-refractivity contribution in [2.75, 3.05) is 5.32 Å². The lowest BCUT2D eigenvalue weighted by Crippen LogP contribution is -2.19. The van der Waals surface area contributed by atoms with E-state index in [1.165, 1.54) is 17.1 Å². The summed E-state index contributed by atoms with van der Waals surface area (Å²) in [7, 11) is -8.38. The molecule has 0 saturated heterocycles. The molecule has 0 atom stereocenters. The quantitative estimate of drug-likeness (QED) is 0.459. The van der Waals surface area contributed by atoms with E-state index in [1.54, 1.807) is 7.05 Å². The van der Waals surface area contributed by atoms with Gasteiger partial charge >= 0.3 is 15.2 Å². The summed E-state index contributed by atoms with van der Waals surface area (Å²) in [5.41, 5.74) is -2.15. The fourth-order valence-corrected chi connectivity index (χ4v) is 3.21. The zero-order valence-corrected chi connectivity index (χ0v) is 9.92. The third-order valence-corrected chi connectivity index (χ3v) is 4.98. The van der Waals surface area contributed by atoms with Gasteiger partial charge in [0.05, 0.1) is 11.9 Å². The minimum absolute atomic E-state index is 0.110. The maximum Gasteiger partial charge on any atom is 0.360 e. The van der Waals surface area contributed by atoms with Gasteiger partial charge in [0.25, 0.3) is 0 Å². The molecule has 0 aromatic carbocycles. The smallest absolute Gasteiger partial charge is 0.359 e. The average molecular weight is 271 g/mol. The highest BCUT2D eigenvalue weighted by Gasteiger charge is 2.43. The minimum Gasteiger partial charge on any atom is -0.359 e. The highest BCUT2D eigenvalue weighted by atomic mass is 31.2. The van der Waals surface area contributed by atoms with Crippen LogP contribution in [0.2, 0.25) is 0 Å². The third kappa shape index (κ3) is 3.41. The molecule has 0 saturated carbocycles. The van der Waals surface area contributed by atoms with Crippen LogP contribution in [-0.4, -0.2) is 34.9 Å². The number of aryl methyl sites for hydroxylation is 1. The van der Waals surface area contributed by atoms with Crippen LogP contribution in [-0.2, 0) is 16.2 Å². The zero-order chi connectivity index (χ0) is 12.6. The number of nitrogens with one attached hydrogen (secondary N) is 1. The van der Waals surface area contributed by atoms with Gasteiger partial charge in [-0.3, -0.25) is 13.8 Å². The summed E-state index contributed by atoms with van der Waals surface area (Å²) >= 11 is 0. The van der Waals surface area contributed by atoms with E-state index in [0.29, 0.717) is 0 Å². The van der Waals surface area contributed by atoms with Crippen molar-refractivity contribution in [3.8, 4) is 0 Å². The van der Waals surface area contributed by atoms with Gasteiger partial charge in [0, 0.05) is 13.2 Å². The Labute approximate surface area is 90.4 Å². The highest BCUT2D eigenvalue weighted by molar-refractivity contribution is 7.71. The molecule has 0 aliphatic rings. The van der Waals surface area contributed by atoms with Gasteiger partial charge in [-0.2, -0.15) is 5.10 Å². The average Bonchev–Trinajstić information content (AvgIpc) is 2.43. The van der Waals surface area contributed by atoms with Crippen LogP contribution in [0.5, 0.6) is 0 Å². The van der Waals surface area contributed by atoms with Gasteiger partial charge in [-0.05, 0) is 0 Å². The van der Waals surface area contributed by atoms with Gasteiger partial charge in [-0.1, -0.05) is 0 Å². The molecule has 0 bridgehead atoms. The van der Waals surface area contributed by atoms with Gasteiger partial charge in [0.2, 0.25) is 5.52 Å². The highest BCUT2D eigenvalue weighted by Crippen LogP contribution is 2.59. The topological polar surface area (TPSA) is 145 Å². The standard InChI is InChI=1S/C5H11N3O6P2/c1-8-3-4(2-6-8)7-5(15(9,10)11)16(12,13)14/h2-3,5,7H,1H3,(H2,9,10,11)(H2,12,13,14). The van der Waals surface area contributed by atoms with Crippen molar-refractivity contribution in [2.45, 2.75) is 5.52 Å². The number of aromatic nitrogens is 2. The molecule has 1 aromatic heterocycles. The monoisotopic (exact) mass is 271 g/mol. The molecule has 0 aliphatic heterocycles. The van der Waals surface area contributed by atoms with Gasteiger partial charge in [-0.25, -0.2) is 0 Å². The molecule has 0 radical (unpaired) electrons. The second-order valence-corrected chi connectivity index (χ2v) is 6.90. The lowest BCUT2D eigenvalue weighted by Gasteiger charge is -2.20. The van der Waals surface area contributed by atoms with E-state index in [2.05, 4.69) is 10.4 Å². The molecule has 1 rings (SSSR count). The van der Waals surface area contributed by atoms with Crippen molar-refractivity contribution in [2.24, 2.45) is 7.05 Å². The van der Waals surface area contributed by atoms with Gasteiger partial charge in [0.1, 0.15) is 0 Å². The molecular weight excluding hydrogens is 260 g/mol. The SMILES string of the molecule is Cn1cc(NC(P(=O)(O)O)P(=O)(O)O)cn1. The molecule has 0 amide bonds. The van der Waals surface area contributed by atoms with Gasteiger partial charge in [0.15, 0.2) is 0 Å². The second kappa shape index (κ2) is 4.29. The zero-order valence-electron chi connectivity index (χ0n) is 8.13. The summed E-state index contributed by atoms with van der Waals surface area (Å²) in [6.45, 7) is 0. The van der Waals surface area contributed by atoms with Crippen molar-refractivity contribution in [3.63, 3.8) is 0 Å². The first kappa shape index (κ1) is 13.4. The van der Waals surface area contributed by atoms with Crippen molar-refractivity contribution in [1.29, 1.82) is 0 Å². The van der Waals surface area contributed by atoms with E-state index < -0.39 is 20.7 Å². The second-order valence-electron chi connectivity index (χ2n) is 3.10. The molecular formula is C5H11N3O6P2. The molecule has 16 heavy (non-hydrogen) atoms. The number of nitrogens with zero attached hydrogens (tertiary/aromatic N) is 2. The molecule has 11 heteroatoms. The van der Waals surface area contributed by atoms with Crippen LogP contribution in [0.3, 0.4) is 0 Å². The van der Waals surface area contributed by atoms with Crippen LogP contribution in [0.4, 0.5) is 5.69 Å². The van der Waals surface area contributed by atoms with E-state index in [4.69, 9.17) is 19.6 Å². The van der Waals surface area contributed by atoms with E-state index in [1.807, 2.05) is 0 Å². The maximum absolute atomic E-state index is 10.9. The van der Waals surface area contributed by atoms with Crippen molar-refractivity contribution < 1.29 is 28.7 Å². The summed E-state index contributed by atoms with van der Waals surface area (Å²) in [6.07, 6.45) is 2.52.